The average molecular weight is 320 g/mol. The minimum absolute atomic E-state index is 0.0220. The first-order chi connectivity index (χ1) is 10.5. The van der Waals surface area contributed by atoms with E-state index in [1.54, 1.807) is 16.7 Å². The van der Waals surface area contributed by atoms with Crippen molar-refractivity contribution in [3.63, 3.8) is 0 Å². The zero-order valence-electron chi connectivity index (χ0n) is 13.5. The molecule has 5 heteroatoms. The van der Waals surface area contributed by atoms with Crippen LogP contribution in [-0.4, -0.2) is 35.1 Å². The highest BCUT2D eigenvalue weighted by Gasteiger charge is 2.32. The van der Waals surface area contributed by atoms with Gasteiger partial charge in [0.15, 0.2) is 0 Å². The van der Waals surface area contributed by atoms with Gasteiger partial charge in [-0.15, -0.1) is 11.8 Å². The predicted molar refractivity (Wildman–Crippen MR) is 89.8 cm³/mol. The van der Waals surface area contributed by atoms with Crippen LogP contribution < -0.4 is 5.32 Å². The molecule has 0 aliphatic carbocycles. The molecule has 1 heterocycles. The number of nitrogens with zero attached hydrogens (tertiary/aromatic N) is 1. The molecule has 1 N–H and O–H groups in total. The lowest BCUT2D eigenvalue weighted by Gasteiger charge is -2.24. The highest BCUT2D eigenvalue weighted by atomic mass is 32.2. The Morgan fingerprint density at radius 3 is 2.64 bits per heavy atom. The van der Waals surface area contributed by atoms with Crippen molar-refractivity contribution in [1.82, 2.24) is 10.2 Å². The number of carbonyl (C=O) groups excluding carboxylic acids is 2. The van der Waals surface area contributed by atoms with Gasteiger partial charge in [0.2, 0.25) is 11.8 Å². The molecule has 2 rings (SSSR count). The number of likely N-dealkylation sites (tertiary alicyclic amines) is 1. The zero-order chi connectivity index (χ0) is 16.1. The Bertz CT molecular complexity index is 530. The molecule has 22 heavy (non-hydrogen) atoms. The fraction of sp³-hybridized carbons (Fsp3) is 0.529. The summed E-state index contributed by atoms with van der Waals surface area (Å²) in [4.78, 5) is 26.9. The molecule has 0 unspecified atom stereocenters. The van der Waals surface area contributed by atoms with Gasteiger partial charge in [0.1, 0.15) is 6.04 Å². The first-order valence-electron chi connectivity index (χ1n) is 7.83. The quantitative estimate of drug-likeness (QED) is 0.849. The van der Waals surface area contributed by atoms with Crippen LogP contribution in [0.5, 0.6) is 0 Å². The molecule has 1 aliphatic rings. The fourth-order valence-electron chi connectivity index (χ4n) is 2.83. The molecule has 2 atom stereocenters. The van der Waals surface area contributed by atoms with Gasteiger partial charge >= 0.3 is 0 Å². The van der Waals surface area contributed by atoms with Crippen molar-refractivity contribution in [1.29, 1.82) is 0 Å². The van der Waals surface area contributed by atoms with E-state index < -0.39 is 0 Å². The largest absolute Gasteiger partial charge is 0.348 e. The van der Waals surface area contributed by atoms with E-state index in [1.165, 1.54) is 11.8 Å². The number of carbonyl (C=O) groups is 2. The summed E-state index contributed by atoms with van der Waals surface area (Å²) in [7, 11) is 0. The van der Waals surface area contributed by atoms with E-state index in [-0.39, 0.29) is 23.9 Å². The van der Waals surface area contributed by atoms with Crippen LogP contribution in [0.3, 0.4) is 0 Å². The van der Waals surface area contributed by atoms with Crippen LogP contribution in [0.25, 0.3) is 0 Å². The molecule has 1 saturated heterocycles. The molecule has 1 fully saturated rings. The first-order valence-corrected chi connectivity index (χ1v) is 8.81. The van der Waals surface area contributed by atoms with Crippen molar-refractivity contribution >= 4 is 23.6 Å². The van der Waals surface area contributed by atoms with Crippen molar-refractivity contribution in [3.8, 4) is 0 Å². The summed E-state index contributed by atoms with van der Waals surface area (Å²) in [5, 5.41) is 3.03. The van der Waals surface area contributed by atoms with E-state index in [2.05, 4.69) is 36.5 Å². The Balaban J connectivity index is 1.97. The number of benzene rings is 1. The maximum Gasteiger partial charge on any atom is 0.243 e. The highest BCUT2D eigenvalue weighted by Crippen LogP contribution is 2.22. The van der Waals surface area contributed by atoms with E-state index in [0.717, 1.165) is 24.2 Å². The molecule has 1 aromatic carbocycles. The van der Waals surface area contributed by atoms with Crippen LogP contribution in [0.15, 0.2) is 29.2 Å². The van der Waals surface area contributed by atoms with Crippen LogP contribution in [-0.2, 0) is 9.59 Å². The third-order valence-electron chi connectivity index (χ3n) is 4.01. The summed E-state index contributed by atoms with van der Waals surface area (Å²) in [6.07, 6.45) is 1.65. The molecule has 4 nitrogen and oxygen atoms in total. The Morgan fingerprint density at radius 2 is 2.05 bits per heavy atom. The SMILES string of the molecule is CCSc1ccc([C@@H](C)NC(=O)[C@H]2CCCN2C(C)=O)cc1. The maximum absolute atomic E-state index is 12.4. The number of thioether (sulfide) groups is 1. The van der Waals surface area contributed by atoms with Crippen molar-refractivity contribution in [2.75, 3.05) is 12.3 Å². The van der Waals surface area contributed by atoms with Gasteiger partial charge < -0.3 is 10.2 Å². The number of hydrogen-bond acceptors (Lipinski definition) is 3. The first kappa shape index (κ1) is 16.9. The Labute approximate surface area is 136 Å². The van der Waals surface area contributed by atoms with Gasteiger partial charge in [-0.1, -0.05) is 19.1 Å². The van der Waals surface area contributed by atoms with Crippen LogP contribution in [0, 0.1) is 0 Å². The number of rotatable bonds is 5. The van der Waals surface area contributed by atoms with Crippen LogP contribution in [0.4, 0.5) is 0 Å². The third kappa shape index (κ3) is 4.03. The molecule has 0 saturated carbocycles. The van der Waals surface area contributed by atoms with Crippen LogP contribution in [0.2, 0.25) is 0 Å². The van der Waals surface area contributed by atoms with Gasteiger partial charge in [0, 0.05) is 18.4 Å². The normalized spacial score (nSPS) is 19.0. The van der Waals surface area contributed by atoms with Gasteiger partial charge in [-0.3, -0.25) is 9.59 Å². The lowest BCUT2D eigenvalue weighted by Crippen LogP contribution is -2.45. The summed E-state index contributed by atoms with van der Waals surface area (Å²) >= 11 is 1.80. The van der Waals surface area contributed by atoms with Crippen molar-refractivity contribution in [2.45, 2.75) is 50.6 Å². The molecule has 120 valence electrons. The zero-order valence-corrected chi connectivity index (χ0v) is 14.3. The number of nitrogens with one attached hydrogen (secondary N) is 1. The van der Waals surface area contributed by atoms with Gasteiger partial charge in [-0.25, -0.2) is 0 Å². The van der Waals surface area contributed by atoms with Gasteiger partial charge in [-0.2, -0.15) is 0 Å². The topological polar surface area (TPSA) is 49.4 Å². The predicted octanol–water partition coefficient (Wildman–Crippen LogP) is 2.99. The Hall–Kier alpha value is -1.49. The average Bonchev–Trinajstić information content (AvgIpc) is 2.98. The second-order valence-corrected chi connectivity index (χ2v) is 6.94. The summed E-state index contributed by atoms with van der Waals surface area (Å²) < 4.78 is 0. The Kier molecular flexibility index (Phi) is 5.89. The molecule has 0 bridgehead atoms. The number of hydrogen-bond donors (Lipinski definition) is 1. The standard InChI is InChI=1S/C17H24N2O2S/c1-4-22-15-9-7-14(8-10-15)12(2)18-17(21)16-6-5-11-19(16)13(3)20/h7-10,12,16H,4-6,11H2,1-3H3,(H,18,21)/t12-,16-/m1/s1. The minimum atomic E-state index is -0.310. The summed E-state index contributed by atoms with van der Waals surface area (Å²) in [6.45, 7) is 6.32. The molecule has 1 aliphatic heterocycles. The maximum atomic E-state index is 12.4. The summed E-state index contributed by atoms with van der Waals surface area (Å²) in [5.41, 5.74) is 1.08. The molecule has 1 aromatic rings. The smallest absolute Gasteiger partial charge is 0.243 e. The highest BCUT2D eigenvalue weighted by molar-refractivity contribution is 7.99. The monoisotopic (exact) mass is 320 g/mol. The van der Waals surface area contributed by atoms with E-state index in [0.29, 0.717) is 6.54 Å². The lowest BCUT2D eigenvalue weighted by molar-refractivity contribution is -0.137. The van der Waals surface area contributed by atoms with Crippen LogP contribution >= 0.6 is 11.8 Å². The van der Waals surface area contributed by atoms with Gasteiger partial charge in [0.05, 0.1) is 6.04 Å². The van der Waals surface area contributed by atoms with E-state index in [1.807, 2.05) is 6.92 Å². The van der Waals surface area contributed by atoms with E-state index >= 15 is 0 Å². The van der Waals surface area contributed by atoms with Gasteiger partial charge in [0.25, 0.3) is 0 Å². The van der Waals surface area contributed by atoms with Crippen molar-refractivity contribution in [2.24, 2.45) is 0 Å². The number of amides is 2. The minimum Gasteiger partial charge on any atom is -0.348 e. The molecular weight excluding hydrogens is 296 g/mol. The molecule has 0 aromatic heterocycles. The molecular formula is C17H24N2O2S. The molecule has 0 spiro atoms. The molecule has 2 amide bonds. The molecule has 0 radical (unpaired) electrons. The van der Waals surface area contributed by atoms with Gasteiger partial charge in [-0.05, 0) is 43.2 Å². The summed E-state index contributed by atoms with van der Waals surface area (Å²) in [6, 6.07) is 7.92. The van der Waals surface area contributed by atoms with Crippen LogP contribution in [0.1, 0.15) is 45.2 Å². The third-order valence-corrected chi connectivity index (χ3v) is 4.90. The van der Waals surface area contributed by atoms with Crippen molar-refractivity contribution < 1.29 is 9.59 Å². The Morgan fingerprint density at radius 1 is 1.36 bits per heavy atom. The lowest BCUT2D eigenvalue weighted by atomic mass is 10.1. The second-order valence-electron chi connectivity index (χ2n) is 5.60. The fourth-order valence-corrected chi connectivity index (χ4v) is 3.49. The van der Waals surface area contributed by atoms with Crippen molar-refractivity contribution in [3.05, 3.63) is 29.8 Å². The van der Waals surface area contributed by atoms with E-state index in [4.69, 9.17) is 0 Å². The summed E-state index contributed by atoms with van der Waals surface area (Å²) in [5.74, 6) is 0.979. The van der Waals surface area contributed by atoms with E-state index in [9.17, 15) is 9.59 Å². The second kappa shape index (κ2) is 7.68.